The third kappa shape index (κ3) is 2.23. The number of halogens is 1. The van der Waals surface area contributed by atoms with E-state index in [1.54, 1.807) is 30.6 Å². The van der Waals surface area contributed by atoms with Crippen LogP contribution >= 0.6 is 11.6 Å². The highest BCUT2D eigenvalue weighted by atomic mass is 35.5. The first kappa shape index (κ1) is 14.4. The Balaban J connectivity index is 1.96. The van der Waals surface area contributed by atoms with Crippen LogP contribution in [0.1, 0.15) is 5.56 Å². The number of anilines is 1. The monoisotopic (exact) mass is 338 g/mol. The number of benzene rings is 1. The summed E-state index contributed by atoms with van der Waals surface area (Å²) < 4.78 is 10.7. The summed E-state index contributed by atoms with van der Waals surface area (Å²) in [5.74, 6) is 1.31. The van der Waals surface area contributed by atoms with Crippen LogP contribution in [0.3, 0.4) is 0 Å². The first-order valence-corrected chi connectivity index (χ1v) is 7.48. The second-order valence-electron chi connectivity index (χ2n) is 5.21. The van der Waals surface area contributed by atoms with E-state index in [0.717, 1.165) is 5.56 Å². The van der Waals surface area contributed by atoms with E-state index in [4.69, 9.17) is 26.8 Å². The van der Waals surface area contributed by atoms with Gasteiger partial charge in [0, 0.05) is 35.2 Å². The van der Waals surface area contributed by atoms with Gasteiger partial charge in [0.15, 0.2) is 11.5 Å². The minimum Gasteiger partial charge on any atom is -0.454 e. The molecular weight excluding hydrogens is 328 g/mol. The summed E-state index contributed by atoms with van der Waals surface area (Å²) in [6.07, 6.45) is 3.59. The molecule has 0 radical (unpaired) electrons. The Bertz CT molecular complexity index is 977. The zero-order chi connectivity index (χ0) is 16.7. The maximum atomic E-state index is 9.49. The van der Waals surface area contributed by atoms with E-state index in [9.17, 15) is 5.26 Å². The molecule has 0 saturated heterocycles. The summed E-state index contributed by atoms with van der Waals surface area (Å²) in [4.78, 5) is 7.28. The topological polar surface area (TPSA) is 97.0 Å². The predicted molar refractivity (Wildman–Crippen MR) is 89.7 cm³/mol. The number of nitrogens with zero attached hydrogens (tertiary/aromatic N) is 2. The highest BCUT2D eigenvalue weighted by molar-refractivity contribution is 6.33. The number of nitrogens with two attached hydrogens (primary N) is 1. The van der Waals surface area contributed by atoms with Crippen molar-refractivity contribution in [3.05, 3.63) is 47.2 Å². The number of hydrogen-bond donors (Lipinski definition) is 2. The molecule has 118 valence electrons. The van der Waals surface area contributed by atoms with Gasteiger partial charge in [0.2, 0.25) is 6.79 Å². The highest BCUT2D eigenvalue weighted by Gasteiger charge is 2.21. The van der Waals surface area contributed by atoms with Crippen LogP contribution in [0.25, 0.3) is 22.4 Å². The van der Waals surface area contributed by atoms with Crippen molar-refractivity contribution in [2.24, 2.45) is 0 Å². The van der Waals surface area contributed by atoms with E-state index < -0.39 is 0 Å². The van der Waals surface area contributed by atoms with Crippen LogP contribution in [0, 0.1) is 11.3 Å². The Morgan fingerprint density at radius 3 is 2.71 bits per heavy atom. The average molecular weight is 339 g/mol. The number of aromatic nitrogens is 2. The second-order valence-corrected chi connectivity index (χ2v) is 5.62. The maximum absolute atomic E-state index is 9.49. The first-order chi connectivity index (χ1) is 11.7. The van der Waals surface area contributed by atoms with Gasteiger partial charge in [-0.1, -0.05) is 11.6 Å². The lowest BCUT2D eigenvalue weighted by Crippen LogP contribution is -1.99. The van der Waals surface area contributed by atoms with Crippen LogP contribution in [-0.2, 0) is 0 Å². The zero-order valence-corrected chi connectivity index (χ0v) is 13.1. The number of ether oxygens (including phenoxy) is 2. The fraction of sp³-hybridized carbons (Fsp3) is 0.0588. The summed E-state index contributed by atoms with van der Waals surface area (Å²) >= 11 is 6.39. The molecule has 0 bridgehead atoms. The number of rotatable bonds is 2. The molecule has 0 saturated carbocycles. The molecule has 3 N–H and O–H groups in total. The van der Waals surface area contributed by atoms with Gasteiger partial charge >= 0.3 is 0 Å². The van der Waals surface area contributed by atoms with Gasteiger partial charge in [-0.05, 0) is 18.2 Å². The van der Waals surface area contributed by atoms with Crippen molar-refractivity contribution in [3.8, 4) is 40.0 Å². The van der Waals surface area contributed by atoms with E-state index in [-0.39, 0.29) is 18.2 Å². The summed E-state index contributed by atoms with van der Waals surface area (Å²) in [7, 11) is 0. The molecule has 4 rings (SSSR count). The van der Waals surface area contributed by atoms with Crippen molar-refractivity contribution in [3.63, 3.8) is 0 Å². The number of fused-ring (bicyclic) bond motifs is 1. The molecule has 0 spiro atoms. The lowest BCUT2D eigenvalue weighted by atomic mass is 9.98. The van der Waals surface area contributed by atoms with Gasteiger partial charge in [0.25, 0.3) is 0 Å². The third-order valence-corrected chi connectivity index (χ3v) is 4.12. The van der Waals surface area contributed by atoms with E-state index in [2.05, 4.69) is 16.0 Å². The Morgan fingerprint density at radius 2 is 2.00 bits per heavy atom. The largest absolute Gasteiger partial charge is 0.454 e. The van der Waals surface area contributed by atoms with Gasteiger partial charge < -0.3 is 20.2 Å². The van der Waals surface area contributed by atoms with Crippen molar-refractivity contribution in [1.82, 2.24) is 9.97 Å². The Hall–Kier alpha value is -3.17. The highest BCUT2D eigenvalue weighted by Crippen LogP contribution is 2.43. The van der Waals surface area contributed by atoms with Crippen molar-refractivity contribution < 1.29 is 9.47 Å². The summed E-state index contributed by atoms with van der Waals surface area (Å²) in [5.41, 5.74) is 9.03. The fourth-order valence-corrected chi connectivity index (χ4v) is 2.90. The number of pyridine rings is 1. The Kier molecular flexibility index (Phi) is 3.29. The lowest BCUT2D eigenvalue weighted by Gasteiger charge is -2.11. The van der Waals surface area contributed by atoms with Crippen molar-refractivity contribution in [2.45, 2.75) is 0 Å². The Labute approximate surface area is 142 Å². The molecule has 6 nitrogen and oxygen atoms in total. The first-order valence-electron chi connectivity index (χ1n) is 7.10. The molecule has 1 aromatic carbocycles. The van der Waals surface area contributed by atoms with Crippen LogP contribution in [0.15, 0.2) is 36.7 Å². The van der Waals surface area contributed by atoms with Crippen molar-refractivity contribution >= 4 is 17.4 Å². The minimum absolute atomic E-state index is 0.146. The van der Waals surface area contributed by atoms with E-state index >= 15 is 0 Å². The minimum atomic E-state index is 0.146. The number of nitriles is 1. The van der Waals surface area contributed by atoms with Crippen molar-refractivity contribution in [2.75, 3.05) is 12.5 Å². The quantitative estimate of drug-likeness (QED) is 0.744. The second kappa shape index (κ2) is 5.48. The number of hydrogen-bond acceptors (Lipinski definition) is 5. The van der Waals surface area contributed by atoms with E-state index in [0.29, 0.717) is 33.3 Å². The van der Waals surface area contributed by atoms with Crippen LogP contribution in [0.4, 0.5) is 5.82 Å². The lowest BCUT2D eigenvalue weighted by molar-refractivity contribution is 0.174. The number of aromatic amines is 1. The molecule has 0 aliphatic carbocycles. The van der Waals surface area contributed by atoms with Crippen LogP contribution in [-0.4, -0.2) is 16.8 Å². The molecule has 2 aromatic heterocycles. The number of H-pyrrole nitrogens is 1. The van der Waals surface area contributed by atoms with Crippen LogP contribution in [0.5, 0.6) is 11.5 Å². The van der Waals surface area contributed by atoms with Gasteiger partial charge in [-0.3, -0.25) is 0 Å². The number of nitrogens with one attached hydrogen (secondary N) is 1. The van der Waals surface area contributed by atoms with Gasteiger partial charge in [-0.2, -0.15) is 5.26 Å². The molecule has 24 heavy (non-hydrogen) atoms. The van der Waals surface area contributed by atoms with Crippen LogP contribution in [0.2, 0.25) is 5.02 Å². The molecule has 0 amide bonds. The van der Waals surface area contributed by atoms with Crippen LogP contribution < -0.4 is 15.2 Å². The molecule has 3 aromatic rings. The predicted octanol–water partition coefficient (Wildman–Crippen LogP) is 3.58. The molecule has 0 atom stereocenters. The summed E-state index contributed by atoms with van der Waals surface area (Å²) in [6.45, 7) is 0.146. The molecule has 7 heteroatoms. The van der Waals surface area contributed by atoms with Gasteiger partial charge in [-0.15, -0.1) is 0 Å². The molecule has 1 aliphatic heterocycles. The summed E-state index contributed by atoms with van der Waals surface area (Å²) in [5, 5.41) is 9.94. The maximum Gasteiger partial charge on any atom is 0.231 e. The average Bonchev–Trinajstić information content (AvgIpc) is 3.24. The summed E-state index contributed by atoms with van der Waals surface area (Å²) in [6, 6.07) is 9.20. The van der Waals surface area contributed by atoms with Gasteiger partial charge in [-0.25, -0.2) is 4.98 Å². The molecular formula is C17H11ClN4O2. The van der Waals surface area contributed by atoms with Gasteiger partial charge in [0.1, 0.15) is 17.5 Å². The SMILES string of the molecule is N#Cc1c(-c2cc3c(cc2Cl)OCO3)cc(-c2cc[nH]c2)nc1N. The fourth-order valence-electron chi connectivity index (χ4n) is 2.65. The third-order valence-electron chi connectivity index (χ3n) is 3.81. The van der Waals surface area contributed by atoms with Crippen molar-refractivity contribution in [1.29, 1.82) is 5.26 Å². The normalized spacial score (nSPS) is 12.2. The molecule has 0 unspecified atom stereocenters. The van der Waals surface area contributed by atoms with Gasteiger partial charge in [0.05, 0.1) is 10.7 Å². The standard InChI is InChI=1S/C17H11ClN4O2/c18-13-5-16-15(23-8-24-16)4-11(13)10-3-14(9-1-2-21-7-9)22-17(20)12(10)6-19/h1-5,7,21H,8H2,(H2,20,22). The molecule has 1 aliphatic rings. The smallest absolute Gasteiger partial charge is 0.231 e. The van der Waals surface area contributed by atoms with E-state index in [1.807, 2.05) is 6.07 Å². The number of nitrogen functional groups attached to an aromatic ring is 1. The molecule has 0 fully saturated rings. The Morgan fingerprint density at radius 1 is 1.21 bits per heavy atom. The molecule has 3 heterocycles. The van der Waals surface area contributed by atoms with E-state index in [1.165, 1.54) is 0 Å². The zero-order valence-electron chi connectivity index (χ0n) is 12.3.